The van der Waals surface area contributed by atoms with E-state index in [0.717, 1.165) is 16.0 Å². The van der Waals surface area contributed by atoms with E-state index in [9.17, 15) is 5.11 Å². The van der Waals surface area contributed by atoms with Crippen LogP contribution in [0.2, 0.25) is 10.0 Å². The lowest BCUT2D eigenvalue weighted by molar-refractivity contribution is 0.341. The lowest BCUT2D eigenvalue weighted by Gasteiger charge is -2.11. The average molecular weight is 448 g/mol. The monoisotopic (exact) mass is 447 g/mol. The van der Waals surface area contributed by atoms with Gasteiger partial charge in [-0.3, -0.25) is 0 Å². The molecule has 1 aromatic heterocycles. The van der Waals surface area contributed by atoms with Crippen molar-refractivity contribution >= 4 is 66.3 Å². The Labute approximate surface area is 180 Å². The molecule has 1 N–H and O–H groups in total. The van der Waals surface area contributed by atoms with Crippen LogP contribution in [0.5, 0.6) is 17.2 Å². The second-order valence-electron chi connectivity index (χ2n) is 5.98. The van der Waals surface area contributed by atoms with Gasteiger partial charge in [-0.2, -0.15) is 0 Å². The van der Waals surface area contributed by atoms with Crippen LogP contribution in [0.4, 0.5) is 10.8 Å². The van der Waals surface area contributed by atoms with Crippen LogP contribution in [-0.4, -0.2) is 23.8 Å². The van der Waals surface area contributed by atoms with E-state index in [1.165, 1.54) is 18.4 Å². The van der Waals surface area contributed by atoms with E-state index in [0.29, 0.717) is 38.3 Å². The van der Waals surface area contributed by atoms with E-state index < -0.39 is 0 Å². The van der Waals surface area contributed by atoms with Gasteiger partial charge in [0.25, 0.3) is 0 Å². The summed E-state index contributed by atoms with van der Waals surface area (Å²) in [6.07, 6.45) is 0. The van der Waals surface area contributed by atoms with Gasteiger partial charge in [0, 0.05) is 16.8 Å². The Kier molecular flexibility index (Phi) is 5.45. The number of azo groups is 1. The summed E-state index contributed by atoms with van der Waals surface area (Å²) in [5.41, 5.74) is 0.996. The fraction of sp³-hybridized carbons (Fsp3) is 0.150. The van der Waals surface area contributed by atoms with E-state index in [1.807, 2.05) is 25.1 Å². The van der Waals surface area contributed by atoms with Crippen LogP contribution in [0, 0.1) is 0 Å². The lowest BCUT2D eigenvalue weighted by atomic mass is 10.1. The van der Waals surface area contributed by atoms with Gasteiger partial charge in [0.05, 0.1) is 34.0 Å². The number of phenols is 1. The predicted molar refractivity (Wildman–Crippen MR) is 117 cm³/mol. The molecule has 0 fully saturated rings. The topological polar surface area (TPSA) is 76.3 Å². The number of hydrogen-bond acceptors (Lipinski definition) is 7. The number of aromatic nitrogens is 1. The first-order chi connectivity index (χ1) is 14.0. The molecule has 1 heterocycles. The van der Waals surface area contributed by atoms with Crippen LogP contribution in [0.1, 0.15) is 6.92 Å². The van der Waals surface area contributed by atoms with E-state index >= 15 is 0 Å². The molecule has 0 radical (unpaired) electrons. The van der Waals surface area contributed by atoms with Gasteiger partial charge in [0.1, 0.15) is 17.2 Å². The summed E-state index contributed by atoms with van der Waals surface area (Å²) in [4.78, 5) is 4.44. The van der Waals surface area contributed by atoms with Crippen LogP contribution in [0.3, 0.4) is 0 Å². The lowest BCUT2D eigenvalue weighted by Crippen LogP contribution is -1.89. The van der Waals surface area contributed by atoms with Gasteiger partial charge in [0.2, 0.25) is 5.13 Å². The second kappa shape index (κ2) is 8.02. The number of ether oxygens (including phenoxy) is 2. The number of rotatable bonds is 5. The number of benzene rings is 3. The molecular weight excluding hydrogens is 433 g/mol. The first-order valence-electron chi connectivity index (χ1n) is 8.64. The highest BCUT2D eigenvalue weighted by atomic mass is 35.5. The summed E-state index contributed by atoms with van der Waals surface area (Å²) in [6.45, 7) is 2.52. The normalized spacial score (nSPS) is 11.6. The Balaban J connectivity index is 1.77. The van der Waals surface area contributed by atoms with Crippen LogP contribution >= 0.6 is 34.5 Å². The molecule has 0 saturated heterocycles. The fourth-order valence-corrected chi connectivity index (χ4v) is 4.26. The maximum Gasteiger partial charge on any atom is 0.231 e. The van der Waals surface area contributed by atoms with E-state index in [2.05, 4.69) is 15.2 Å². The summed E-state index contributed by atoms with van der Waals surface area (Å²) >= 11 is 13.9. The third-order valence-corrected chi connectivity index (χ3v) is 5.75. The number of phenolic OH excluding ortho intramolecular Hbond substituents is 1. The summed E-state index contributed by atoms with van der Waals surface area (Å²) in [6, 6.07) is 10.5. The molecule has 6 nitrogen and oxygen atoms in total. The van der Waals surface area contributed by atoms with Crippen molar-refractivity contribution in [1.29, 1.82) is 0 Å². The number of aromatic hydroxyl groups is 1. The van der Waals surface area contributed by atoms with Gasteiger partial charge in [-0.1, -0.05) is 34.5 Å². The Morgan fingerprint density at radius 1 is 1.07 bits per heavy atom. The standard InChI is InChI=1S/C20H15Cl2N3O3S/c1-3-28-10-4-7-13-16(8-10)29-20(23-13)25-24-14-9-15(27-2)17-11(21)5-6-12(22)18(17)19(14)26/h4-9,26H,3H2,1-2H3. The molecule has 0 aliphatic carbocycles. The van der Waals surface area contributed by atoms with E-state index in [-0.39, 0.29) is 11.4 Å². The Morgan fingerprint density at radius 3 is 2.55 bits per heavy atom. The molecule has 0 aliphatic rings. The number of hydrogen-bond donors (Lipinski definition) is 1. The largest absolute Gasteiger partial charge is 0.505 e. The minimum atomic E-state index is -0.128. The van der Waals surface area contributed by atoms with Crippen molar-refractivity contribution in [2.75, 3.05) is 13.7 Å². The number of thiazole rings is 1. The summed E-state index contributed by atoms with van der Waals surface area (Å²) in [7, 11) is 1.51. The summed E-state index contributed by atoms with van der Waals surface area (Å²) in [5.74, 6) is 1.08. The minimum absolute atomic E-state index is 0.128. The molecule has 0 amide bonds. The SMILES string of the molecule is CCOc1ccc2nc(N=Nc3cc(OC)c4c(Cl)ccc(Cl)c4c3O)sc2c1. The molecule has 0 unspecified atom stereocenters. The number of methoxy groups -OCH3 is 1. The molecule has 3 aromatic carbocycles. The highest BCUT2D eigenvalue weighted by Gasteiger charge is 2.17. The van der Waals surface area contributed by atoms with Crippen molar-refractivity contribution in [2.24, 2.45) is 10.2 Å². The zero-order valence-electron chi connectivity index (χ0n) is 15.4. The Morgan fingerprint density at radius 2 is 1.83 bits per heavy atom. The first-order valence-corrected chi connectivity index (χ1v) is 10.2. The van der Waals surface area contributed by atoms with Gasteiger partial charge in [0.15, 0.2) is 5.75 Å². The average Bonchev–Trinajstić information content (AvgIpc) is 3.12. The summed E-state index contributed by atoms with van der Waals surface area (Å²) in [5, 5.41) is 21.1. The molecule has 0 atom stereocenters. The second-order valence-corrected chi connectivity index (χ2v) is 7.81. The van der Waals surface area contributed by atoms with E-state index in [1.54, 1.807) is 18.2 Å². The third kappa shape index (κ3) is 3.69. The van der Waals surface area contributed by atoms with Crippen LogP contribution in [-0.2, 0) is 0 Å². The predicted octanol–water partition coefficient (Wildman–Crippen LogP) is 7.28. The fourth-order valence-electron chi connectivity index (χ4n) is 2.94. The zero-order valence-corrected chi connectivity index (χ0v) is 17.8. The Hall–Kier alpha value is -2.61. The van der Waals surface area contributed by atoms with Crippen molar-refractivity contribution in [1.82, 2.24) is 4.98 Å². The minimum Gasteiger partial charge on any atom is -0.505 e. The Bertz CT molecular complexity index is 1260. The van der Waals surface area contributed by atoms with Crippen molar-refractivity contribution in [3.63, 3.8) is 0 Å². The molecular formula is C20H15Cl2N3O3S. The summed E-state index contributed by atoms with van der Waals surface area (Å²) < 4.78 is 11.9. The number of nitrogens with zero attached hydrogens (tertiary/aromatic N) is 3. The zero-order chi connectivity index (χ0) is 20.5. The van der Waals surface area contributed by atoms with Gasteiger partial charge in [-0.05, 0) is 37.3 Å². The van der Waals surface area contributed by atoms with E-state index in [4.69, 9.17) is 32.7 Å². The first kappa shape index (κ1) is 19.7. The number of halogens is 2. The third-order valence-electron chi connectivity index (χ3n) is 4.22. The quantitative estimate of drug-likeness (QED) is 0.326. The van der Waals surface area contributed by atoms with Crippen molar-refractivity contribution < 1.29 is 14.6 Å². The smallest absolute Gasteiger partial charge is 0.231 e. The van der Waals surface area contributed by atoms with Gasteiger partial charge in [-0.25, -0.2) is 4.98 Å². The maximum atomic E-state index is 10.7. The molecule has 29 heavy (non-hydrogen) atoms. The molecule has 4 aromatic rings. The van der Waals surface area contributed by atoms with Crippen molar-refractivity contribution in [3.05, 3.63) is 46.4 Å². The van der Waals surface area contributed by atoms with Crippen LogP contribution in [0.25, 0.3) is 21.0 Å². The molecule has 0 spiro atoms. The highest BCUT2D eigenvalue weighted by Crippen LogP contribution is 2.47. The highest BCUT2D eigenvalue weighted by molar-refractivity contribution is 7.21. The molecule has 4 rings (SSSR count). The molecule has 0 aliphatic heterocycles. The molecule has 0 saturated carbocycles. The van der Waals surface area contributed by atoms with Gasteiger partial charge in [-0.15, -0.1) is 10.2 Å². The molecule has 148 valence electrons. The van der Waals surface area contributed by atoms with Crippen molar-refractivity contribution in [3.8, 4) is 17.2 Å². The molecule has 0 bridgehead atoms. The van der Waals surface area contributed by atoms with Crippen LogP contribution in [0.15, 0.2) is 46.6 Å². The van der Waals surface area contributed by atoms with Gasteiger partial charge >= 0.3 is 0 Å². The van der Waals surface area contributed by atoms with Crippen molar-refractivity contribution in [2.45, 2.75) is 6.92 Å². The molecule has 9 heteroatoms. The van der Waals surface area contributed by atoms with Crippen LogP contribution < -0.4 is 9.47 Å². The number of fused-ring (bicyclic) bond motifs is 2. The maximum absolute atomic E-state index is 10.7. The van der Waals surface area contributed by atoms with Gasteiger partial charge < -0.3 is 14.6 Å².